The van der Waals surface area contributed by atoms with E-state index in [-0.39, 0.29) is 0 Å². The molecule has 17 heavy (non-hydrogen) atoms. The van der Waals surface area contributed by atoms with Crippen molar-refractivity contribution >= 4 is 0 Å². The molecular weight excluding hydrogens is 216 g/mol. The molecule has 0 atom stereocenters. The Labute approximate surface area is 106 Å². The first-order chi connectivity index (χ1) is 8.26. The highest BCUT2D eigenvalue weighted by molar-refractivity contribution is 4.87. The number of hydrogen-bond acceptors (Lipinski definition) is 4. The van der Waals surface area contributed by atoms with Gasteiger partial charge in [0.15, 0.2) is 0 Å². The van der Waals surface area contributed by atoms with Crippen LogP contribution in [0.4, 0.5) is 0 Å². The van der Waals surface area contributed by atoms with Crippen LogP contribution >= 0.6 is 0 Å². The first-order valence-corrected chi connectivity index (χ1v) is 6.67. The fourth-order valence-electron chi connectivity index (χ4n) is 2.66. The largest absolute Gasteiger partial charge is 0.384 e. The third kappa shape index (κ3) is 4.92. The quantitative estimate of drug-likeness (QED) is 0.690. The van der Waals surface area contributed by atoms with E-state index in [0.29, 0.717) is 5.41 Å². The highest BCUT2D eigenvalue weighted by Crippen LogP contribution is 2.30. The molecule has 1 N–H and O–H groups in total. The first-order valence-electron chi connectivity index (χ1n) is 6.67. The molecule has 0 bridgehead atoms. The molecule has 1 saturated heterocycles. The lowest BCUT2D eigenvalue weighted by molar-refractivity contribution is 0.0177. The Bertz CT molecular complexity index is 188. The van der Waals surface area contributed by atoms with Crippen molar-refractivity contribution in [2.75, 3.05) is 60.2 Å². The van der Waals surface area contributed by atoms with Crippen molar-refractivity contribution < 1.29 is 9.47 Å². The molecule has 102 valence electrons. The van der Waals surface area contributed by atoms with Crippen molar-refractivity contribution in [1.29, 1.82) is 0 Å². The monoisotopic (exact) mass is 244 g/mol. The summed E-state index contributed by atoms with van der Waals surface area (Å²) in [5, 5.41) is 3.43. The van der Waals surface area contributed by atoms with E-state index in [1.807, 2.05) is 7.11 Å². The number of rotatable bonds is 8. The van der Waals surface area contributed by atoms with Crippen LogP contribution in [0.2, 0.25) is 0 Å². The number of nitrogens with one attached hydrogen (secondary N) is 1. The molecule has 0 aromatic rings. The fraction of sp³-hybridized carbons (Fsp3) is 1.00. The van der Waals surface area contributed by atoms with Crippen LogP contribution < -0.4 is 5.32 Å². The van der Waals surface area contributed by atoms with Gasteiger partial charge in [0.25, 0.3) is 0 Å². The Kier molecular flexibility index (Phi) is 7.04. The second kappa shape index (κ2) is 8.03. The zero-order chi connectivity index (χ0) is 12.6. The smallest absolute Gasteiger partial charge is 0.0589 e. The predicted octanol–water partition coefficient (Wildman–Crippen LogP) is 0.971. The Balaban J connectivity index is 2.50. The van der Waals surface area contributed by atoms with Crippen LogP contribution in [0.1, 0.15) is 19.8 Å². The van der Waals surface area contributed by atoms with Crippen molar-refractivity contribution in [2.24, 2.45) is 5.41 Å². The van der Waals surface area contributed by atoms with Gasteiger partial charge in [0, 0.05) is 32.7 Å². The van der Waals surface area contributed by atoms with Crippen molar-refractivity contribution in [3.63, 3.8) is 0 Å². The minimum Gasteiger partial charge on any atom is -0.384 e. The summed E-state index contributed by atoms with van der Waals surface area (Å²) in [6.07, 6.45) is 2.43. The number of nitrogens with zero attached hydrogens (tertiary/aromatic N) is 1. The molecule has 0 radical (unpaired) electrons. The van der Waals surface area contributed by atoms with Gasteiger partial charge in [-0.25, -0.2) is 0 Å². The molecule has 0 spiro atoms. The van der Waals surface area contributed by atoms with E-state index in [0.717, 1.165) is 45.9 Å². The topological polar surface area (TPSA) is 33.7 Å². The number of likely N-dealkylation sites (N-methyl/N-ethyl adjacent to an activating group) is 1. The van der Waals surface area contributed by atoms with Crippen molar-refractivity contribution in [3.8, 4) is 0 Å². The number of methoxy groups -OCH3 is 2. The maximum atomic E-state index is 5.45. The van der Waals surface area contributed by atoms with Crippen LogP contribution in [0.25, 0.3) is 0 Å². The Morgan fingerprint density at radius 1 is 1.18 bits per heavy atom. The van der Waals surface area contributed by atoms with Gasteiger partial charge >= 0.3 is 0 Å². The zero-order valence-electron chi connectivity index (χ0n) is 11.6. The van der Waals surface area contributed by atoms with E-state index in [2.05, 4.69) is 17.1 Å². The van der Waals surface area contributed by atoms with Gasteiger partial charge in [0.05, 0.1) is 13.2 Å². The molecule has 0 saturated carbocycles. The van der Waals surface area contributed by atoms with E-state index in [1.165, 1.54) is 12.8 Å². The molecule has 0 aromatic carbocycles. The molecule has 0 unspecified atom stereocenters. The van der Waals surface area contributed by atoms with Crippen LogP contribution in [-0.4, -0.2) is 65.1 Å². The van der Waals surface area contributed by atoms with Crippen molar-refractivity contribution in [2.45, 2.75) is 19.8 Å². The summed E-state index contributed by atoms with van der Waals surface area (Å²) in [6, 6.07) is 0. The van der Waals surface area contributed by atoms with Gasteiger partial charge in [-0.3, -0.25) is 0 Å². The summed E-state index contributed by atoms with van der Waals surface area (Å²) in [5.41, 5.74) is 0.337. The maximum absolute atomic E-state index is 5.45. The van der Waals surface area contributed by atoms with Crippen molar-refractivity contribution in [1.82, 2.24) is 10.2 Å². The van der Waals surface area contributed by atoms with Gasteiger partial charge in [0.2, 0.25) is 0 Å². The second-order valence-electron chi connectivity index (χ2n) is 5.04. The molecule has 0 aromatic heterocycles. The average molecular weight is 244 g/mol. The van der Waals surface area contributed by atoms with E-state index < -0.39 is 0 Å². The van der Waals surface area contributed by atoms with Gasteiger partial charge in [-0.1, -0.05) is 6.92 Å². The molecule has 4 heteroatoms. The molecule has 0 amide bonds. The first kappa shape index (κ1) is 14.9. The summed E-state index contributed by atoms with van der Waals surface area (Å²) in [4.78, 5) is 2.48. The third-order valence-electron chi connectivity index (χ3n) is 3.73. The summed E-state index contributed by atoms with van der Waals surface area (Å²) < 4.78 is 10.6. The van der Waals surface area contributed by atoms with Crippen LogP contribution in [0.3, 0.4) is 0 Å². The molecule has 1 rings (SSSR count). The molecular formula is C13H28N2O2. The summed E-state index contributed by atoms with van der Waals surface area (Å²) in [5.74, 6) is 0. The molecule has 4 nitrogen and oxygen atoms in total. The van der Waals surface area contributed by atoms with Crippen molar-refractivity contribution in [3.05, 3.63) is 0 Å². The molecule has 1 aliphatic rings. The maximum Gasteiger partial charge on any atom is 0.0589 e. The van der Waals surface area contributed by atoms with Gasteiger partial charge in [-0.2, -0.15) is 0 Å². The fourth-order valence-corrected chi connectivity index (χ4v) is 2.66. The molecule has 1 aliphatic heterocycles. The highest BCUT2D eigenvalue weighted by atomic mass is 16.5. The number of hydrogen-bond donors (Lipinski definition) is 1. The van der Waals surface area contributed by atoms with Gasteiger partial charge < -0.3 is 19.7 Å². The molecule has 1 fully saturated rings. The summed E-state index contributed by atoms with van der Waals surface area (Å²) in [6.45, 7) is 9.37. The van der Waals surface area contributed by atoms with E-state index >= 15 is 0 Å². The number of ether oxygens (including phenoxy) is 2. The minimum absolute atomic E-state index is 0.337. The van der Waals surface area contributed by atoms with Crippen LogP contribution in [0.5, 0.6) is 0 Å². The van der Waals surface area contributed by atoms with Gasteiger partial charge in [-0.15, -0.1) is 0 Å². The Morgan fingerprint density at radius 2 is 1.88 bits per heavy atom. The zero-order valence-corrected chi connectivity index (χ0v) is 11.6. The predicted molar refractivity (Wildman–Crippen MR) is 70.4 cm³/mol. The number of piperidine rings is 1. The molecule has 0 aliphatic carbocycles. The third-order valence-corrected chi connectivity index (χ3v) is 3.73. The van der Waals surface area contributed by atoms with E-state index in [1.54, 1.807) is 7.11 Å². The lowest BCUT2D eigenvalue weighted by Crippen LogP contribution is -2.47. The van der Waals surface area contributed by atoms with E-state index in [4.69, 9.17) is 9.47 Å². The summed E-state index contributed by atoms with van der Waals surface area (Å²) >= 11 is 0. The molecule has 1 heterocycles. The normalized spacial score (nSPS) is 19.8. The van der Waals surface area contributed by atoms with Crippen LogP contribution in [0, 0.1) is 5.41 Å². The van der Waals surface area contributed by atoms with E-state index in [9.17, 15) is 0 Å². The second-order valence-corrected chi connectivity index (χ2v) is 5.04. The average Bonchev–Trinajstić information content (AvgIpc) is 2.36. The SMILES string of the molecule is CCN(CCOC)CC1(COC)CCNCC1. The van der Waals surface area contributed by atoms with Gasteiger partial charge in [0.1, 0.15) is 0 Å². The highest BCUT2D eigenvalue weighted by Gasteiger charge is 2.33. The van der Waals surface area contributed by atoms with Crippen LogP contribution in [0.15, 0.2) is 0 Å². The Morgan fingerprint density at radius 3 is 2.41 bits per heavy atom. The van der Waals surface area contributed by atoms with Gasteiger partial charge in [-0.05, 0) is 32.5 Å². The Hall–Kier alpha value is -0.160. The standard InChI is InChI=1S/C13H28N2O2/c1-4-15(9-10-16-2)11-13(12-17-3)5-7-14-8-6-13/h14H,4-12H2,1-3H3. The summed E-state index contributed by atoms with van der Waals surface area (Å²) in [7, 11) is 3.58. The lowest BCUT2D eigenvalue weighted by Gasteiger charge is -2.40. The minimum atomic E-state index is 0.337. The van der Waals surface area contributed by atoms with Crippen LogP contribution in [-0.2, 0) is 9.47 Å². The lowest BCUT2D eigenvalue weighted by atomic mass is 9.79.